The number of aliphatic hydroxyl groups is 1. The molecule has 0 unspecified atom stereocenters. The van der Waals surface area contributed by atoms with Gasteiger partial charge in [-0.15, -0.1) is 5.10 Å². The summed E-state index contributed by atoms with van der Waals surface area (Å²) in [7, 11) is 0. The molecule has 4 nitrogen and oxygen atoms in total. The van der Waals surface area contributed by atoms with Gasteiger partial charge < -0.3 is 5.11 Å². The normalized spacial score (nSPS) is 11.1. The standard InChI is InChI=1S/C14H19N3O/c1-11(2)17-14(13(10-18)15-16-17)9-8-12-6-4-3-5-7-12/h3-7,11,18H,8-10H2,1-2H3. The van der Waals surface area contributed by atoms with Crippen LogP contribution in [-0.2, 0) is 19.4 Å². The summed E-state index contributed by atoms with van der Waals surface area (Å²) in [5.74, 6) is 0. The van der Waals surface area contributed by atoms with Crippen LogP contribution in [0.4, 0.5) is 0 Å². The minimum atomic E-state index is -0.0448. The van der Waals surface area contributed by atoms with Crippen molar-refractivity contribution in [2.75, 3.05) is 0 Å². The van der Waals surface area contributed by atoms with E-state index >= 15 is 0 Å². The number of aliphatic hydroxyl groups excluding tert-OH is 1. The summed E-state index contributed by atoms with van der Waals surface area (Å²) in [5, 5.41) is 17.4. The van der Waals surface area contributed by atoms with Gasteiger partial charge >= 0.3 is 0 Å². The molecule has 0 aliphatic rings. The second-order valence-electron chi connectivity index (χ2n) is 4.66. The lowest BCUT2D eigenvalue weighted by atomic mass is 10.1. The maximum Gasteiger partial charge on any atom is 0.111 e. The van der Waals surface area contributed by atoms with Crippen LogP contribution in [0.5, 0.6) is 0 Å². The molecule has 1 heterocycles. The number of rotatable bonds is 5. The van der Waals surface area contributed by atoms with Crippen LogP contribution in [-0.4, -0.2) is 20.1 Å². The zero-order valence-electron chi connectivity index (χ0n) is 10.9. The van der Waals surface area contributed by atoms with E-state index in [2.05, 4.69) is 36.3 Å². The van der Waals surface area contributed by atoms with E-state index in [0.717, 1.165) is 18.5 Å². The Kier molecular flexibility index (Phi) is 4.10. The molecule has 1 aromatic carbocycles. The van der Waals surface area contributed by atoms with Crippen LogP contribution in [0.15, 0.2) is 30.3 Å². The molecule has 1 N–H and O–H groups in total. The first-order chi connectivity index (χ1) is 8.72. The predicted molar refractivity (Wildman–Crippen MR) is 70.2 cm³/mol. The van der Waals surface area contributed by atoms with Gasteiger partial charge in [0.15, 0.2) is 0 Å². The molecule has 96 valence electrons. The number of aromatic nitrogens is 3. The van der Waals surface area contributed by atoms with Crippen molar-refractivity contribution in [3.8, 4) is 0 Å². The van der Waals surface area contributed by atoms with Gasteiger partial charge in [-0.1, -0.05) is 35.5 Å². The maximum absolute atomic E-state index is 9.29. The van der Waals surface area contributed by atoms with Crippen molar-refractivity contribution < 1.29 is 5.11 Å². The van der Waals surface area contributed by atoms with Gasteiger partial charge in [-0.2, -0.15) is 0 Å². The van der Waals surface area contributed by atoms with E-state index in [-0.39, 0.29) is 12.6 Å². The fourth-order valence-corrected chi connectivity index (χ4v) is 2.05. The SMILES string of the molecule is CC(C)n1nnc(CO)c1CCc1ccccc1. The maximum atomic E-state index is 9.29. The molecular formula is C14H19N3O. The smallest absolute Gasteiger partial charge is 0.111 e. The molecule has 0 atom stereocenters. The van der Waals surface area contributed by atoms with Gasteiger partial charge in [0.2, 0.25) is 0 Å². The minimum Gasteiger partial charge on any atom is -0.390 e. The topological polar surface area (TPSA) is 50.9 Å². The van der Waals surface area contributed by atoms with E-state index in [9.17, 15) is 5.11 Å². The zero-order chi connectivity index (χ0) is 13.0. The molecule has 0 aliphatic carbocycles. The molecule has 0 radical (unpaired) electrons. The molecule has 1 aromatic heterocycles. The summed E-state index contributed by atoms with van der Waals surface area (Å²) in [6, 6.07) is 10.6. The van der Waals surface area contributed by atoms with Crippen molar-refractivity contribution in [2.24, 2.45) is 0 Å². The number of hydrogen-bond donors (Lipinski definition) is 1. The molecule has 0 saturated heterocycles. The summed E-state index contributed by atoms with van der Waals surface area (Å²) in [6.45, 7) is 4.10. The van der Waals surface area contributed by atoms with Crippen molar-refractivity contribution >= 4 is 0 Å². The molecule has 0 amide bonds. The van der Waals surface area contributed by atoms with Crippen molar-refractivity contribution in [1.82, 2.24) is 15.0 Å². The van der Waals surface area contributed by atoms with Crippen molar-refractivity contribution in [2.45, 2.75) is 39.3 Å². The van der Waals surface area contributed by atoms with E-state index in [4.69, 9.17) is 0 Å². The van der Waals surface area contributed by atoms with Crippen molar-refractivity contribution in [3.63, 3.8) is 0 Å². The second-order valence-corrected chi connectivity index (χ2v) is 4.66. The fourth-order valence-electron chi connectivity index (χ4n) is 2.05. The summed E-state index contributed by atoms with van der Waals surface area (Å²) in [5.41, 5.74) is 3.02. The average Bonchev–Trinajstić information content (AvgIpc) is 2.80. The molecule has 18 heavy (non-hydrogen) atoms. The van der Waals surface area contributed by atoms with Gasteiger partial charge in [-0.25, -0.2) is 4.68 Å². The van der Waals surface area contributed by atoms with Crippen LogP contribution >= 0.6 is 0 Å². The highest BCUT2D eigenvalue weighted by Gasteiger charge is 2.13. The Morgan fingerprint density at radius 2 is 1.89 bits per heavy atom. The van der Waals surface area contributed by atoms with Crippen LogP contribution in [0.2, 0.25) is 0 Å². The number of aryl methyl sites for hydroxylation is 1. The van der Waals surface area contributed by atoms with Gasteiger partial charge in [0, 0.05) is 6.04 Å². The molecule has 4 heteroatoms. The van der Waals surface area contributed by atoms with E-state index < -0.39 is 0 Å². The third-order valence-corrected chi connectivity index (χ3v) is 3.00. The molecule has 0 spiro atoms. The first-order valence-electron chi connectivity index (χ1n) is 6.30. The van der Waals surface area contributed by atoms with Gasteiger partial charge in [0.05, 0.1) is 12.3 Å². The quantitative estimate of drug-likeness (QED) is 0.878. The van der Waals surface area contributed by atoms with Crippen LogP contribution < -0.4 is 0 Å². The van der Waals surface area contributed by atoms with E-state index in [1.807, 2.05) is 22.9 Å². The van der Waals surface area contributed by atoms with Gasteiger partial charge in [-0.3, -0.25) is 0 Å². The Bertz CT molecular complexity index is 491. The van der Waals surface area contributed by atoms with E-state index in [0.29, 0.717) is 5.69 Å². The Morgan fingerprint density at radius 1 is 1.17 bits per heavy atom. The summed E-state index contributed by atoms with van der Waals surface area (Å²) < 4.78 is 1.90. The molecule has 2 aromatic rings. The van der Waals surface area contributed by atoms with Crippen LogP contribution in [0.1, 0.15) is 36.8 Å². The molecule has 2 rings (SSSR count). The third-order valence-electron chi connectivity index (χ3n) is 3.00. The second kappa shape index (κ2) is 5.78. The summed E-state index contributed by atoms with van der Waals surface area (Å²) in [4.78, 5) is 0. The van der Waals surface area contributed by atoms with E-state index in [1.54, 1.807) is 0 Å². The highest BCUT2D eigenvalue weighted by molar-refractivity contribution is 5.18. The lowest BCUT2D eigenvalue weighted by molar-refractivity contribution is 0.275. The lowest BCUT2D eigenvalue weighted by Gasteiger charge is -2.10. The summed E-state index contributed by atoms with van der Waals surface area (Å²) in [6.07, 6.45) is 1.79. The number of benzene rings is 1. The molecule has 0 aliphatic heterocycles. The number of hydrogen-bond acceptors (Lipinski definition) is 3. The Labute approximate surface area is 107 Å². The Balaban J connectivity index is 2.15. The highest BCUT2D eigenvalue weighted by atomic mass is 16.3. The van der Waals surface area contributed by atoms with Crippen LogP contribution in [0.25, 0.3) is 0 Å². The number of nitrogens with zero attached hydrogens (tertiary/aromatic N) is 3. The van der Waals surface area contributed by atoms with Crippen LogP contribution in [0.3, 0.4) is 0 Å². The summed E-state index contributed by atoms with van der Waals surface area (Å²) >= 11 is 0. The largest absolute Gasteiger partial charge is 0.390 e. The van der Waals surface area contributed by atoms with Gasteiger partial charge in [0.25, 0.3) is 0 Å². The lowest BCUT2D eigenvalue weighted by Crippen LogP contribution is -2.09. The van der Waals surface area contributed by atoms with E-state index in [1.165, 1.54) is 5.56 Å². The van der Waals surface area contributed by atoms with Crippen molar-refractivity contribution in [3.05, 3.63) is 47.3 Å². The van der Waals surface area contributed by atoms with Gasteiger partial charge in [0.1, 0.15) is 5.69 Å². The molecular weight excluding hydrogens is 226 g/mol. The molecule has 0 fully saturated rings. The first kappa shape index (κ1) is 12.8. The third kappa shape index (κ3) is 2.76. The Morgan fingerprint density at radius 3 is 2.50 bits per heavy atom. The molecule has 0 bridgehead atoms. The van der Waals surface area contributed by atoms with Crippen LogP contribution in [0, 0.1) is 0 Å². The fraction of sp³-hybridized carbons (Fsp3) is 0.429. The zero-order valence-corrected chi connectivity index (χ0v) is 10.9. The monoisotopic (exact) mass is 245 g/mol. The Hall–Kier alpha value is -1.68. The first-order valence-corrected chi connectivity index (χ1v) is 6.30. The highest BCUT2D eigenvalue weighted by Crippen LogP contribution is 2.14. The minimum absolute atomic E-state index is 0.0448. The van der Waals surface area contributed by atoms with Gasteiger partial charge in [-0.05, 0) is 32.3 Å². The predicted octanol–water partition coefficient (Wildman–Crippen LogP) is 2.14. The van der Waals surface area contributed by atoms with Crippen molar-refractivity contribution in [1.29, 1.82) is 0 Å². The molecule has 0 saturated carbocycles. The average molecular weight is 245 g/mol.